The SMILES string of the molecule is CCCNC(=O)[C@@H]1COc2ccc(OC)cc2C1. The van der Waals surface area contributed by atoms with Gasteiger partial charge in [0.25, 0.3) is 0 Å². The molecule has 1 aliphatic rings. The zero-order chi connectivity index (χ0) is 13.0. The highest BCUT2D eigenvalue weighted by Gasteiger charge is 2.25. The van der Waals surface area contributed by atoms with Gasteiger partial charge in [-0.25, -0.2) is 0 Å². The molecule has 0 unspecified atom stereocenters. The van der Waals surface area contributed by atoms with Gasteiger partial charge in [-0.1, -0.05) is 6.92 Å². The molecule has 1 N–H and O–H groups in total. The highest BCUT2D eigenvalue weighted by Crippen LogP contribution is 2.30. The number of hydrogen-bond donors (Lipinski definition) is 1. The van der Waals surface area contributed by atoms with Crippen molar-refractivity contribution in [1.29, 1.82) is 0 Å². The van der Waals surface area contributed by atoms with E-state index >= 15 is 0 Å². The number of carbonyl (C=O) groups excluding carboxylic acids is 1. The monoisotopic (exact) mass is 249 g/mol. The minimum Gasteiger partial charge on any atom is -0.497 e. The third kappa shape index (κ3) is 2.75. The minimum atomic E-state index is -0.101. The first kappa shape index (κ1) is 12.7. The maximum Gasteiger partial charge on any atom is 0.226 e. The van der Waals surface area contributed by atoms with Gasteiger partial charge in [0.2, 0.25) is 5.91 Å². The quantitative estimate of drug-likeness (QED) is 0.884. The Kier molecular flexibility index (Phi) is 4.07. The Hall–Kier alpha value is -1.71. The van der Waals surface area contributed by atoms with Crippen LogP contribution in [0.1, 0.15) is 18.9 Å². The minimum absolute atomic E-state index is 0.0744. The van der Waals surface area contributed by atoms with E-state index in [1.165, 1.54) is 0 Å². The first-order valence-corrected chi connectivity index (χ1v) is 6.32. The Balaban J connectivity index is 2.06. The van der Waals surface area contributed by atoms with Crippen molar-refractivity contribution in [2.24, 2.45) is 5.92 Å². The lowest BCUT2D eigenvalue weighted by atomic mass is 9.96. The number of fused-ring (bicyclic) bond motifs is 1. The summed E-state index contributed by atoms with van der Waals surface area (Å²) in [5, 5.41) is 2.91. The van der Waals surface area contributed by atoms with Gasteiger partial charge in [0.1, 0.15) is 18.1 Å². The van der Waals surface area contributed by atoms with E-state index in [1.807, 2.05) is 25.1 Å². The summed E-state index contributed by atoms with van der Waals surface area (Å²) in [4.78, 5) is 11.9. The maximum absolute atomic E-state index is 11.9. The van der Waals surface area contributed by atoms with Crippen LogP contribution < -0.4 is 14.8 Å². The average molecular weight is 249 g/mol. The van der Waals surface area contributed by atoms with Crippen LogP contribution in [0.25, 0.3) is 0 Å². The summed E-state index contributed by atoms with van der Waals surface area (Å²) in [6.45, 7) is 3.22. The summed E-state index contributed by atoms with van der Waals surface area (Å²) in [5.41, 5.74) is 1.04. The van der Waals surface area contributed by atoms with Crippen LogP contribution in [0.3, 0.4) is 0 Å². The zero-order valence-electron chi connectivity index (χ0n) is 10.9. The molecular formula is C14H19NO3. The van der Waals surface area contributed by atoms with Crippen LogP contribution in [0.4, 0.5) is 0 Å². The highest BCUT2D eigenvalue weighted by molar-refractivity contribution is 5.79. The number of ether oxygens (including phenoxy) is 2. The van der Waals surface area contributed by atoms with Crippen molar-refractivity contribution in [3.63, 3.8) is 0 Å². The molecule has 2 rings (SSSR count). The Bertz CT molecular complexity index is 431. The fourth-order valence-corrected chi connectivity index (χ4v) is 2.06. The van der Waals surface area contributed by atoms with Gasteiger partial charge in [-0.2, -0.15) is 0 Å². The van der Waals surface area contributed by atoms with Crippen molar-refractivity contribution in [3.8, 4) is 11.5 Å². The predicted octanol–water partition coefficient (Wildman–Crippen LogP) is 1.77. The van der Waals surface area contributed by atoms with Gasteiger partial charge in [-0.05, 0) is 36.6 Å². The van der Waals surface area contributed by atoms with Crippen molar-refractivity contribution in [2.75, 3.05) is 20.3 Å². The Morgan fingerprint density at radius 2 is 2.39 bits per heavy atom. The van der Waals surface area contributed by atoms with Crippen LogP contribution in [0.2, 0.25) is 0 Å². The summed E-state index contributed by atoms with van der Waals surface area (Å²) < 4.78 is 10.8. The van der Waals surface area contributed by atoms with Crippen LogP contribution >= 0.6 is 0 Å². The smallest absolute Gasteiger partial charge is 0.226 e. The Morgan fingerprint density at radius 1 is 1.56 bits per heavy atom. The van der Waals surface area contributed by atoms with Gasteiger partial charge in [-0.15, -0.1) is 0 Å². The number of nitrogens with one attached hydrogen (secondary N) is 1. The van der Waals surface area contributed by atoms with Gasteiger partial charge in [0.15, 0.2) is 0 Å². The van der Waals surface area contributed by atoms with Crippen molar-refractivity contribution in [3.05, 3.63) is 23.8 Å². The lowest BCUT2D eigenvalue weighted by Crippen LogP contribution is -2.37. The molecule has 4 nitrogen and oxygen atoms in total. The van der Waals surface area contributed by atoms with Crippen molar-refractivity contribution >= 4 is 5.91 Å². The van der Waals surface area contributed by atoms with E-state index in [4.69, 9.17) is 9.47 Å². The number of methoxy groups -OCH3 is 1. The Morgan fingerprint density at radius 3 is 3.11 bits per heavy atom. The third-order valence-corrected chi connectivity index (χ3v) is 3.09. The second kappa shape index (κ2) is 5.76. The standard InChI is InChI=1S/C14H19NO3/c1-3-6-15-14(16)11-7-10-8-12(17-2)4-5-13(10)18-9-11/h4-5,8,11H,3,6-7,9H2,1-2H3,(H,15,16)/t11-/m0/s1. The molecule has 0 aromatic heterocycles. The molecule has 1 aromatic carbocycles. The summed E-state index contributed by atoms with van der Waals surface area (Å²) in [5.74, 6) is 1.63. The van der Waals surface area contributed by atoms with E-state index in [-0.39, 0.29) is 11.8 Å². The van der Waals surface area contributed by atoms with E-state index in [2.05, 4.69) is 5.32 Å². The summed E-state index contributed by atoms with van der Waals surface area (Å²) in [7, 11) is 1.64. The normalized spacial score (nSPS) is 17.6. The second-order valence-corrected chi connectivity index (χ2v) is 4.48. The molecule has 0 saturated heterocycles. The van der Waals surface area contributed by atoms with E-state index < -0.39 is 0 Å². The maximum atomic E-state index is 11.9. The lowest BCUT2D eigenvalue weighted by molar-refractivity contribution is -0.126. The van der Waals surface area contributed by atoms with Crippen LogP contribution in [-0.4, -0.2) is 26.2 Å². The molecule has 1 atom stereocenters. The van der Waals surface area contributed by atoms with Gasteiger partial charge in [0.05, 0.1) is 13.0 Å². The number of carbonyl (C=O) groups is 1. The molecule has 1 aliphatic heterocycles. The third-order valence-electron chi connectivity index (χ3n) is 3.09. The van der Waals surface area contributed by atoms with Gasteiger partial charge in [-0.3, -0.25) is 4.79 Å². The topological polar surface area (TPSA) is 47.6 Å². The van der Waals surface area contributed by atoms with E-state index in [0.29, 0.717) is 13.0 Å². The molecule has 0 aliphatic carbocycles. The molecule has 1 aromatic rings. The molecule has 1 amide bonds. The Labute approximate surface area is 107 Å². The number of amides is 1. The summed E-state index contributed by atoms with van der Waals surface area (Å²) >= 11 is 0. The molecule has 4 heteroatoms. The molecule has 0 radical (unpaired) electrons. The van der Waals surface area contributed by atoms with Crippen LogP contribution in [-0.2, 0) is 11.2 Å². The molecule has 0 bridgehead atoms. The second-order valence-electron chi connectivity index (χ2n) is 4.48. The summed E-state index contributed by atoms with van der Waals surface area (Å²) in [6.07, 6.45) is 1.66. The van der Waals surface area contributed by atoms with Gasteiger partial charge < -0.3 is 14.8 Å². The molecule has 0 spiro atoms. The van der Waals surface area contributed by atoms with Gasteiger partial charge >= 0.3 is 0 Å². The zero-order valence-corrected chi connectivity index (χ0v) is 10.9. The first-order valence-electron chi connectivity index (χ1n) is 6.32. The first-order chi connectivity index (χ1) is 8.74. The molecule has 18 heavy (non-hydrogen) atoms. The fraction of sp³-hybridized carbons (Fsp3) is 0.500. The van der Waals surface area contributed by atoms with Crippen molar-refractivity contribution in [2.45, 2.75) is 19.8 Å². The fourth-order valence-electron chi connectivity index (χ4n) is 2.06. The van der Waals surface area contributed by atoms with E-state index in [0.717, 1.165) is 30.0 Å². The van der Waals surface area contributed by atoms with Crippen LogP contribution in [0.15, 0.2) is 18.2 Å². The predicted molar refractivity (Wildman–Crippen MR) is 69.0 cm³/mol. The number of rotatable bonds is 4. The van der Waals surface area contributed by atoms with Crippen LogP contribution in [0, 0.1) is 5.92 Å². The van der Waals surface area contributed by atoms with Crippen LogP contribution in [0.5, 0.6) is 11.5 Å². The van der Waals surface area contributed by atoms with Crippen molar-refractivity contribution < 1.29 is 14.3 Å². The average Bonchev–Trinajstić information content (AvgIpc) is 2.43. The summed E-state index contributed by atoms with van der Waals surface area (Å²) in [6, 6.07) is 5.71. The number of benzene rings is 1. The van der Waals surface area contributed by atoms with E-state index in [1.54, 1.807) is 7.11 Å². The highest BCUT2D eigenvalue weighted by atomic mass is 16.5. The molecule has 98 valence electrons. The number of hydrogen-bond acceptors (Lipinski definition) is 3. The molecular weight excluding hydrogens is 230 g/mol. The molecule has 0 fully saturated rings. The van der Waals surface area contributed by atoms with Gasteiger partial charge in [0, 0.05) is 6.54 Å². The molecule has 0 saturated carbocycles. The lowest BCUT2D eigenvalue weighted by Gasteiger charge is -2.24. The van der Waals surface area contributed by atoms with E-state index in [9.17, 15) is 4.79 Å². The van der Waals surface area contributed by atoms with Crippen molar-refractivity contribution in [1.82, 2.24) is 5.32 Å². The molecule has 1 heterocycles. The largest absolute Gasteiger partial charge is 0.497 e.